The summed E-state index contributed by atoms with van der Waals surface area (Å²) in [6.07, 6.45) is 0. The van der Waals surface area contributed by atoms with E-state index < -0.39 is 34.4 Å². The molecule has 2 aromatic rings. The Morgan fingerprint density at radius 2 is 1.30 bits per heavy atom. The third-order valence-corrected chi connectivity index (χ3v) is 3.66. The third-order valence-electron chi connectivity index (χ3n) is 3.66. The maximum Gasteiger partial charge on any atom is 0.338 e. The Kier molecular flexibility index (Phi) is 8.15. The Morgan fingerprint density at radius 1 is 0.867 bits per heavy atom. The van der Waals surface area contributed by atoms with Gasteiger partial charge < -0.3 is 40.1 Å². The zero-order valence-electron chi connectivity index (χ0n) is 16.6. The van der Waals surface area contributed by atoms with Gasteiger partial charge in [-0.05, 0) is 36.8 Å². The number of benzene rings is 2. The standard InChI is InChI=1S/C13H16O7.C7H8O3/c1-13(2,5-19-7-14)6-20-12(18)8-3-9(15)11(17)10(16)4-8;1-4-2-5(8)7(10)6(9)3-4/h3-4,7,15-17H,5-6H2,1-2H3;2-3,8-10H,1H3. The molecule has 0 amide bonds. The average Bonchev–Trinajstić information content (AvgIpc) is 2.67. The number of ether oxygens (including phenoxy) is 2. The number of rotatable bonds is 6. The molecule has 0 radical (unpaired) electrons. The molecule has 164 valence electrons. The largest absolute Gasteiger partial charge is 0.504 e. The lowest BCUT2D eigenvalue weighted by Gasteiger charge is -2.22. The van der Waals surface area contributed by atoms with Gasteiger partial charge in [0.15, 0.2) is 34.5 Å². The number of phenolic OH excluding ortho intramolecular Hbond substituents is 6. The molecule has 0 unspecified atom stereocenters. The molecule has 10 nitrogen and oxygen atoms in total. The molecule has 0 fully saturated rings. The van der Waals surface area contributed by atoms with Gasteiger partial charge in [0, 0.05) is 5.41 Å². The molecule has 0 spiro atoms. The van der Waals surface area contributed by atoms with Crippen molar-refractivity contribution in [1.82, 2.24) is 0 Å². The summed E-state index contributed by atoms with van der Waals surface area (Å²) in [4.78, 5) is 21.9. The Morgan fingerprint density at radius 3 is 1.73 bits per heavy atom. The van der Waals surface area contributed by atoms with E-state index >= 15 is 0 Å². The van der Waals surface area contributed by atoms with E-state index in [1.165, 1.54) is 12.1 Å². The highest BCUT2D eigenvalue weighted by atomic mass is 16.5. The monoisotopic (exact) mass is 424 g/mol. The minimum Gasteiger partial charge on any atom is -0.504 e. The second-order valence-electron chi connectivity index (χ2n) is 7.16. The minimum atomic E-state index is -0.783. The van der Waals surface area contributed by atoms with Crippen LogP contribution in [-0.2, 0) is 14.3 Å². The van der Waals surface area contributed by atoms with Gasteiger partial charge in [-0.25, -0.2) is 4.79 Å². The summed E-state index contributed by atoms with van der Waals surface area (Å²) in [5.74, 6) is -3.79. The third kappa shape index (κ3) is 6.97. The number of hydrogen-bond donors (Lipinski definition) is 6. The maximum absolute atomic E-state index is 11.7. The molecule has 0 saturated carbocycles. The van der Waals surface area contributed by atoms with Gasteiger partial charge in [-0.1, -0.05) is 13.8 Å². The van der Waals surface area contributed by atoms with Crippen LogP contribution in [0.15, 0.2) is 24.3 Å². The Labute approximate surface area is 172 Å². The molecule has 0 bridgehead atoms. The Bertz CT molecular complexity index is 858. The van der Waals surface area contributed by atoms with E-state index in [2.05, 4.69) is 4.74 Å². The minimum absolute atomic E-state index is 0.0257. The van der Waals surface area contributed by atoms with E-state index in [1.807, 2.05) is 0 Å². The molecule has 0 saturated heterocycles. The molecule has 2 aromatic carbocycles. The molecule has 2 rings (SSSR count). The summed E-state index contributed by atoms with van der Waals surface area (Å²) in [5, 5.41) is 54.3. The van der Waals surface area contributed by atoms with Crippen LogP contribution < -0.4 is 0 Å². The average molecular weight is 424 g/mol. The molecule has 0 aromatic heterocycles. The number of hydrogen-bond acceptors (Lipinski definition) is 10. The van der Waals surface area contributed by atoms with Crippen molar-refractivity contribution in [1.29, 1.82) is 0 Å². The van der Waals surface area contributed by atoms with E-state index in [9.17, 15) is 19.8 Å². The van der Waals surface area contributed by atoms with Crippen molar-refractivity contribution in [3.63, 3.8) is 0 Å². The van der Waals surface area contributed by atoms with Crippen molar-refractivity contribution in [2.75, 3.05) is 13.2 Å². The van der Waals surface area contributed by atoms with Gasteiger partial charge in [0.2, 0.25) is 0 Å². The molecule has 0 aliphatic heterocycles. The van der Waals surface area contributed by atoms with Crippen molar-refractivity contribution in [2.45, 2.75) is 20.8 Å². The second-order valence-corrected chi connectivity index (χ2v) is 7.16. The van der Waals surface area contributed by atoms with Gasteiger partial charge in [-0.15, -0.1) is 0 Å². The highest BCUT2D eigenvalue weighted by Gasteiger charge is 2.23. The number of aryl methyl sites for hydroxylation is 1. The van der Waals surface area contributed by atoms with Crippen molar-refractivity contribution < 1.29 is 49.7 Å². The summed E-state index contributed by atoms with van der Waals surface area (Å²) in [6.45, 7) is 5.53. The van der Waals surface area contributed by atoms with Crippen molar-refractivity contribution in [2.24, 2.45) is 5.41 Å². The van der Waals surface area contributed by atoms with E-state index in [0.717, 1.165) is 12.1 Å². The predicted octanol–water partition coefficient (Wildman–Crippen LogP) is 2.27. The lowest BCUT2D eigenvalue weighted by molar-refractivity contribution is -0.132. The Hall–Kier alpha value is -3.82. The van der Waals surface area contributed by atoms with Crippen molar-refractivity contribution in [3.8, 4) is 34.5 Å². The molecule has 0 aliphatic rings. The topological polar surface area (TPSA) is 174 Å². The Balaban J connectivity index is 0.000000375. The molecule has 6 N–H and O–H groups in total. The first-order chi connectivity index (χ1) is 13.9. The fraction of sp³-hybridized carbons (Fsp3) is 0.300. The number of phenols is 6. The van der Waals surface area contributed by atoms with Gasteiger partial charge in [-0.3, -0.25) is 4.79 Å². The van der Waals surface area contributed by atoms with E-state index in [-0.39, 0.29) is 30.3 Å². The summed E-state index contributed by atoms with van der Waals surface area (Å²) < 4.78 is 9.61. The fourth-order valence-corrected chi connectivity index (χ4v) is 2.11. The maximum atomic E-state index is 11.7. The first-order valence-electron chi connectivity index (χ1n) is 8.57. The molecule has 0 atom stereocenters. The normalized spacial score (nSPS) is 10.5. The van der Waals surface area contributed by atoms with Crippen molar-refractivity contribution >= 4 is 12.4 Å². The van der Waals surface area contributed by atoms with E-state index in [4.69, 9.17) is 25.2 Å². The lowest BCUT2D eigenvalue weighted by atomic mass is 9.96. The zero-order valence-corrected chi connectivity index (χ0v) is 16.6. The van der Waals surface area contributed by atoms with Gasteiger partial charge in [0.1, 0.15) is 0 Å². The number of aromatic hydroxyl groups is 6. The zero-order chi connectivity index (χ0) is 23.1. The van der Waals surface area contributed by atoms with Crippen LogP contribution in [0.3, 0.4) is 0 Å². The number of esters is 1. The first-order valence-corrected chi connectivity index (χ1v) is 8.57. The van der Waals surface area contributed by atoms with Crippen LogP contribution in [-0.4, -0.2) is 56.3 Å². The summed E-state index contributed by atoms with van der Waals surface area (Å²) in [6, 6.07) is 4.70. The predicted molar refractivity (Wildman–Crippen MR) is 104 cm³/mol. The summed E-state index contributed by atoms with van der Waals surface area (Å²) in [7, 11) is 0. The van der Waals surface area contributed by atoms with Gasteiger partial charge in [-0.2, -0.15) is 0 Å². The quantitative estimate of drug-likeness (QED) is 0.229. The molecule has 10 heteroatoms. The summed E-state index contributed by atoms with van der Waals surface area (Å²) in [5.41, 5.74) is 0.0233. The van der Waals surface area contributed by atoms with Crippen LogP contribution in [0.4, 0.5) is 0 Å². The fourth-order valence-electron chi connectivity index (χ4n) is 2.11. The van der Waals surface area contributed by atoms with Crippen LogP contribution in [0.5, 0.6) is 34.5 Å². The van der Waals surface area contributed by atoms with Crippen LogP contribution in [0, 0.1) is 12.3 Å². The molecule has 30 heavy (non-hydrogen) atoms. The second kappa shape index (κ2) is 10.1. The van der Waals surface area contributed by atoms with Gasteiger partial charge in [0.05, 0.1) is 18.8 Å². The number of carbonyl (C=O) groups excluding carboxylic acids is 2. The molecular formula is C20H24O10. The van der Waals surface area contributed by atoms with Crippen LogP contribution in [0.1, 0.15) is 29.8 Å². The van der Waals surface area contributed by atoms with Gasteiger partial charge >= 0.3 is 5.97 Å². The van der Waals surface area contributed by atoms with E-state index in [0.29, 0.717) is 12.0 Å². The highest BCUT2D eigenvalue weighted by molar-refractivity contribution is 5.91. The molecule has 0 aliphatic carbocycles. The first kappa shape index (κ1) is 24.2. The lowest BCUT2D eigenvalue weighted by Crippen LogP contribution is -2.27. The van der Waals surface area contributed by atoms with Crippen LogP contribution in [0.2, 0.25) is 0 Å². The molecular weight excluding hydrogens is 400 g/mol. The summed E-state index contributed by atoms with van der Waals surface area (Å²) >= 11 is 0. The van der Waals surface area contributed by atoms with Crippen LogP contribution in [0.25, 0.3) is 0 Å². The van der Waals surface area contributed by atoms with Crippen LogP contribution >= 0.6 is 0 Å². The highest BCUT2D eigenvalue weighted by Crippen LogP contribution is 2.36. The van der Waals surface area contributed by atoms with Crippen molar-refractivity contribution in [3.05, 3.63) is 35.4 Å². The molecule has 0 heterocycles. The van der Waals surface area contributed by atoms with Gasteiger partial charge in [0.25, 0.3) is 6.47 Å². The SMILES string of the molecule is CC(C)(COC=O)COC(=O)c1cc(O)c(O)c(O)c1.Cc1cc(O)c(O)c(O)c1. The number of carbonyl (C=O) groups is 2. The smallest absolute Gasteiger partial charge is 0.338 e. The van der Waals surface area contributed by atoms with E-state index in [1.54, 1.807) is 20.8 Å².